The lowest BCUT2D eigenvalue weighted by Crippen LogP contribution is -2.10. The Morgan fingerprint density at radius 2 is 1.22 bits per heavy atom. The highest BCUT2D eigenvalue weighted by atomic mass is 16.3. The second kappa shape index (κ2) is 12.7. The van der Waals surface area contributed by atoms with Crippen molar-refractivity contribution in [3.05, 3.63) is 205 Å². The average molecular weight is 714 g/mol. The van der Waals surface area contributed by atoms with E-state index in [0.29, 0.717) is 29.0 Å². The molecular weight excluding hydrogens is 669 g/mol. The fourth-order valence-corrected chi connectivity index (χ4v) is 7.49. The number of furan rings is 1. The number of aliphatic imine (C=N–C) groups is 1. The molecule has 258 valence electrons. The molecule has 0 saturated carbocycles. The van der Waals surface area contributed by atoms with Crippen LogP contribution in [0, 0.1) is 0 Å². The molecule has 0 unspecified atom stereocenters. The van der Waals surface area contributed by atoms with Crippen LogP contribution in [-0.4, -0.2) is 5.71 Å². The maximum absolute atomic E-state index is 9.64. The Bertz CT molecular complexity index is 3730. The first-order valence-corrected chi connectivity index (χ1v) is 17.9. The molecule has 0 radical (unpaired) electrons. The summed E-state index contributed by atoms with van der Waals surface area (Å²) in [6, 6.07) is 34.6. The van der Waals surface area contributed by atoms with Crippen LogP contribution in [-0.2, 0) is 6.42 Å². The van der Waals surface area contributed by atoms with Crippen molar-refractivity contribution in [1.82, 2.24) is 0 Å². The van der Waals surface area contributed by atoms with Crippen molar-refractivity contribution in [2.75, 3.05) is 4.90 Å². The van der Waals surface area contributed by atoms with E-state index < -0.39 is 77.6 Å². The van der Waals surface area contributed by atoms with Gasteiger partial charge in [0.25, 0.3) is 0 Å². The summed E-state index contributed by atoms with van der Waals surface area (Å²) in [6.45, 7) is 0. The van der Waals surface area contributed by atoms with Gasteiger partial charge in [-0.25, -0.2) is 0 Å². The summed E-state index contributed by atoms with van der Waals surface area (Å²) in [7, 11) is 0. The Morgan fingerprint density at radius 1 is 0.491 bits per heavy atom. The second-order valence-electron chi connectivity index (χ2n) is 13.5. The van der Waals surface area contributed by atoms with Crippen LogP contribution >= 0.6 is 0 Å². The molecule has 11 rings (SSSR count). The largest absolute Gasteiger partial charge is 0.453 e. The number of benzene rings is 9. The monoisotopic (exact) mass is 713 g/mol. The second-order valence-corrected chi connectivity index (χ2v) is 13.5. The minimum Gasteiger partial charge on any atom is -0.453 e. The normalized spacial score (nSPS) is 15.2. The number of rotatable bonds is 6. The Hall–Kier alpha value is -7.23. The Labute approximate surface area is 334 Å². The first-order chi connectivity index (χ1) is 31.8. The van der Waals surface area contributed by atoms with E-state index >= 15 is 0 Å². The van der Waals surface area contributed by atoms with Crippen LogP contribution in [0.3, 0.4) is 0 Å². The molecular formula is C52H34N2O. The molecule has 0 aliphatic carbocycles. The van der Waals surface area contributed by atoms with Crippen LogP contribution in [0.25, 0.3) is 65.7 Å². The molecule has 0 N–H and O–H groups in total. The van der Waals surface area contributed by atoms with Gasteiger partial charge in [0.2, 0.25) is 0 Å². The molecule has 10 aromatic rings. The number of nitrogens with zero attached hydrogens (tertiary/aromatic N) is 2. The zero-order valence-electron chi connectivity index (χ0n) is 40.1. The summed E-state index contributed by atoms with van der Waals surface area (Å²) in [5.41, 5.74) is 6.81. The van der Waals surface area contributed by atoms with Gasteiger partial charge in [-0.2, -0.15) is 0 Å². The van der Waals surface area contributed by atoms with Crippen molar-refractivity contribution in [2.45, 2.75) is 6.42 Å². The van der Waals surface area contributed by atoms with Gasteiger partial charge in [-0.05, 0) is 104 Å². The van der Waals surface area contributed by atoms with Crippen molar-refractivity contribution in [1.29, 1.82) is 0 Å². The highest BCUT2D eigenvalue weighted by molar-refractivity contribution is 6.19. The van der Waals surface area contributed by atoms with E-state index in [1.54, 1.807) is 11.0 Å². The molecule has 9 aromatic carbocycles. The number of anilines is 3. The topological polar surface area (TPSA) is 28.7 Å². The van der Waals surface area contributed by atoms with Gasteiger partial charge in [-0.15, -0.1) is 0 Å². The summed E-state index contributed by atoms with van der Waals surface area (Å²) in [5.74, 6) is 0. The third-order valence-electron chi connectivity index (χ3n) is 10.2. The average Bonchev–Trinajstić information content (AvgIpc) is 3.96. The van der Waals surface area contributed by atoms with Gasteiger partial charge in [0.05, 0.1) is 32.2 Å². The lowest BCUT2D eigenvalue weighted by atomic mass is 9.99. The molecule has 0 saturated heterocycles. The van der Waals surface area contributed by atoms with Gasteiger partial charge in [0.15, 0.2) is 5.58 Å². The van der Waals surface area contributed by atoms with E-state index in [4.69, 9.17) is 17.6 Å². The number of fused-ring (bicyclic) bond motifs is 7. The van der Waals surface area contributed by atoms with Crippen LogP contribution in [0.5, 0.6) is 0 Å². The summed E-state index contributed by atoms with van der Waals surface area (Å²) < 4.78 is 106. The highest BCUT2D eigenvalue weighted by Gasteiger charge is 2.22. The zero-order valence-corrected chi connectivity index (χ0v) is 29.1. The lowest BCUT2D eigenvalue weighted by Gasteiger charge is -2.26. The molecule has 1 aromatic heterocycles. The molecule has 0 bridgehead atoms. The van der Waals surface area contributed by atoms with E-state index in [1.807, 2.05) is 97.1 Å². The van der Waals surface area contributed by atoms with Crippen molar-refractivity contribution < 1.29 is 19.5 Å². The Balaban J connectivity index is 1.14. The lowest BCUT2D eigenvalue weighted by molar-refractivity contribution is 0.673. The summed E-state index contributed by atoms with van der Waals surface area (Å²) in [5, 5.41) is 2.71. The minimum atomic E-state index is -0.661. The molecule has 55 heavy (non-hydrogen) atoms. The van der Waals surface area contributed by atoms with Gasteiger partial charge < -0.3 is 9.32 Å². The smallest absolute Gasteiger partial charge is 0.159 e. The van der Waals surface area contributed by atoms with Gasteiger partial charge in [-0.3, -0.25) is 4.99 Å². The standard InChI is InChI=1S/C52H34N2O/c1-2-9-34(10-3-1)36-21-26-43(27-22-36)54(44-28-23-37(24-29-44)40-19-17-35-11-4-5-12-39(35)31-40)50-16-8-14-45-46-30-25-38-18-20-42(32-47(38)51(46)55-52(45)50)49-33-41-13-6-7-15-48(41)53-49/h1-32H,33H2/i4D,5D,11D,12D,17D,19D,23D,24D,28D,29D,31D. The number of para-hydroxylation sites is 2. The quantitative estimate of drug-likeness (QED) is 0.172. The van der Waals surface area contributed by atoms with E-state index in [9.17, 15) is 6.85 Å². The third-order valence-corrected chi connectivity index (χ3v) is 10.2. The summed E-state index contributed by atoms with van der Waals surface area (Å²) in [6.07, 6.45) is 0.702. The Kier molecular flexibility index (Phi) is 5.11. The first-order valence-electron chi connectivity index (χ1n) is 23.4. The molecule has 3 nitrogen and oxygen atoms in total. The van der Waals surface area contributed by atoms with Crippen LogP contribution < -0.4 is 4.90 Å². The van der Waals surface area contributed by atoms with Crippen molar-refractivity contribution >= 4 is 71.9 Å². The van der Waals surface area contributed by atoms with Gasteiger partial charge in [-0.1, -0.05) is 139 Å². The van der Waals surface area contributed by atoms with E-state index in [0.717, 1.165) is 55.2 Å². The third kappa shape index (κ3) is 5.40. The van der Waals surface area contributed by atoms with Gasteiger partial charge in [0.1, 0.15) is 5.58 Å². The Morgan fingerprint density at radius 3 is 2.07 bits per heavy atom. The van der Waals surface area contributed by atoms with E-state index in [-0.39, 0.29) is 16.5 Å². The molecule has 0 spiro atoms. The molecule has 1 aliphatic rings. The van der Waals surface area contributed by atoms with Crippen molar-refractivity contribution in [3.8, 4) is 22.3 Å². The SMILES string of the molecule is [2H]c1c([2H])c(N(c2ccc(-c3ccccc3)cc2)c2cccc3c2oc2c4cc(C5=Nc6ccccc6C5)ccc4ccc32)c([2H])c([2H])c1-c1c([2H])c([2H])c2c([2H])c([2H])c([2H])c([2H])c2c1[2H]. The fraction of sp³-hybridized carbons (Fsp3) is 0.0192. The van der Waals surface area contributed by atoms with E-state index in [2.05, 4.69) is 24.3 Å². The summed E-state index contributed by atoms with van der Waals surface area (Å²) >= 11 is 0. The van der Waals surface area contributed by atoms with E-state index in [1.165, 1.54) is 0 Å². The van der Waals surface area contributed by atoms with Crippen LogP contribution in [0.1, 0.15) is 26.2 Å². The van der Waals surface area contributed by atoms with Crippen LogP contribution in [0.2, 0.25) is 0 Å². The molecule has 3 heteroatoms. The number of hydrogen-bond acceptors (Lipinski definition) is 3. The van der Waals surface area contributed by atoms with Crippen molar-refractivity contribution in [3.63, 3.8) is 0 Å². The predicted molar refractivity (Wildman–Crippen MR) is 231 cm³/mol. The number of hydrogen-bond donors (Lipinski definition) is 0. The molecule has 0 atom stereocenters. The summed E-state index contributed by atoms with van der Waals surface area (Å²) in [4.78, 5) is 6.55. The molecule has 1 aliphatic heterocycles. The minimum absolute atomic E-state index is 0.146. The van der Waals surface area contributed by atoms with Crippen LogP contribution in [0.4, 0.5) is 22.7 Å². The zero-order chi connectivity index (χ0) is 45.9. The van der Waals surface area contributed by atoms with Crippen molar-refractivity contribution in [2.24, 2.45) is 4.99 Å². The van der Waals surface area contributed by atoms with Crippen LogP contribution in [0.15, 0.2) is 203 Å². The predicted octanol–water partition coefficient (Wildman–Crippen LogP) is 14.4. The first kappa shape index (κ1) is 22.1. The van der Waals surface area contributed by atoms with Gasteiger partial charge in [0, 0.05) is 34.0 Å². The molecule has 0 amide bonds. The highest BCUT2D eigenvalue weighted by Crippen LogP contribution is 2.44. The maximum Gasteiger partial charge on any atom is 0.159 e. The molecule has 2 heterocycles. The molecule has 0 fully saturated rings. The van der Waals surface area contributed by atoms with Gasteiger partial charge >= 0.3 is 0 Å². The fourth-order valence-electron chi connectivity index (χ4n) is 7.49. The maximum atomic E-state index is 9.64.